The Kier molecular flexibility index (Phi) is 5.66. The molecular formula is C22H23FN4O3. The number of ether oxygens (including phenoxy) is 1. The van der Waals surface area contributed by atoms with Crippen molar-refractivity contribution in [3.05, 3.63) is 46.9 Å². The van der Waals surface area contributed by atoms with Crippen LogP contribution in [0.3, 0.4) is 0 Å². The fourth-order valence-corrected chi connectivity index (χ4v) is 3.61. The van der Waals surface area contributed by atoms with Gasteiger partial charge in [0.25, 0.3) is 5.91 Å². The number of nitrogens with one attached hydrogen (secondary N) is 1. The lowest BCUT2D eigenvalue weighted by Gasteiger charge is -2.33. The Morgan fingerprint density at radius 2 is 2.23 bits per heavy atom. The number of nitrogens with zero attached hydrogens (tertiary/aromatic N) is 3. The third-order valence-corrected chi connectivity index (χ3v) is 5.41. The Balaban J connectivity index is 1.67. The van der Waals surface area contributed by atoms with E-state index >= 15 is 0 Å². The summed E-state index contributed by atoms with van der Waals surface area (Å²) in [6, 6.07) is 6.87. The maximum atomic E-state index is 14.4. The van der Waals surface area contributed by atoms with Gasteiger partial charge in [-0.2, -0.15) is 5.26 Å². The molecule has 0 spiro atoms. The zero-order valence-electron chi connectivity index (χ0n) is 16.7. The third-order valence-electron chi connectivity index (χ3n) is 5.41. The number of anilines is 1. The van der Waals surface area contributed by atoms with Gasteiger partial charge in [0.05, 0.1) is 30.4 Å². The molecule has 1 aromatic carbocycles. The first-order valence-electron chi connectivity index (χ1n) is 9.99. The number of carbonyl (C=O) groups is 1. The standard InChI is InChI=1S/C22H23FN4O3/c1-13-6-20(23)19(22(29)26-16-2-3-16)8-18(13)15-7-14(9-24)21(25-10-15)27-4-5-30-17(11-27)12-28/h6-8,10,16-17,28H,2-5,11-12H2,1H3,(H,26,29). The van der Waals surface area contributed by atoms with Gasteiger partial charge in [-0.1, -0.05) is 0 Å². The van der Waals surface area contributed by atoms with Crippen LogP contribution >= 0.6 is 0 Å². The zero-order chi connectivity index (χ0) is 21.3. The van der Waals surface area contributed by atoms with Crippen LogP contribution in [-0.2, 0) is 4.74 Å². The van der Waals surface area contributed by atoms with Crippen LogP contribution in [0.25, 0.3) is 11.1 Å². The zero-order valence-corrected chi connectivity index (χ0v) is 16.7. The molecular weight excluding hydrogens is 387 g/mol. The number of aliphatic hydroxyl groups excluding tert-OH is 1. The SMILES string of the molecule is Cc1cc(F)c(C(=O)NC2CC2)cc1-c1cnc(N2CCOC(CO)C2)c(C#N)c1. The van der Waals surface area contributed by atoms with Crippen LogP contribution in [0.4, 0.5) is 10.2 Å². The van der Waals surface area contributed by atoms with Crippen LogP contribution in [0.5, 0.6) is 0 Å². The molecule has 1 saturated carbocycles. The minimum Gasteiger partial charge on any atom is -0.394 e. The number of amides is 1. The van der Waals surface area contributed by atoms with Gasteiger partial charge in [0.15, 0.2) is 0 Å². The third kappa shape index (κ3) is 4.13. The fraction of sp³-hybridized carbons (Fsp3) is 0.409. The van der Waals surface area contributed by atoms with Crippen molar-refractivity contribution in [2.45, 2.75) is 31.9 Å². The highest BCUT2D eigenvalue weighted by atomic mass is 19.1. The summed E-state index contributed by atoms with van der Waals surface area (Å²) in [6.45, 7) is 3.11. The molecule has 1 saturated heterocycles. The van der Waals surface area contributed by atoms with E-state index in [1.165, 1.54) is 12.1 Å². The van der Waals surface area contributed by atoms with Crippen LogP contribution < -0.4 is 10.2 Å². The molecule has 7 nitrogen and oxygen atoms in total. The first-order chi connectivity index (χ1) is 14.5. The van der Waals surface area contributed by atoms with Crippen molar-refractivity contribution >= 4 is 11.7 Å². The van der Waals surface area contributed by atoms with E-state index in [2.05, 4.69) is 16.4 Å². The molecule has 1 aromatic heterocycles. The molecule has 1 unspecified atom stereocenters. The number of hydrogen-bond acceptors (Lipinski definition) is 6. The van der Waals surface area contributed by atoms with Crippen molar-refractivity contribution in [1.82, 2.24) is 10.3 Å². The number of nitriles is 1. The first-order valence-corrected chi connectivity index (χ1v) is 9.99. The molecule has 4 rings (SSSR count). The maximum absolute atomic E-state index is 14.4. The Labute approximate surface area is 174 Å². The van der Waals surface area contributed by atoms with Crippen molar-refractivity contribution in [2.75, 3.05) is 31.2 Å². The molecule has 156 valence electrons. The van der Waals surface area contributed by atoms with Gasteiger partial charge in [-0.3, -0.25) is 4.79 Å². The number of aryl methyl sites for hydroxylation is 1. The molecule has 30 heavy (non-hydrogen) atoms. The summed E-state index contributed by atoms with van der Waals surface area (Å²) in [4.78, 5) is 18.8. The topological polar surface area (TPSA) is 98.5 Å². The van der Waals surface area contributed by atoms with Crippen molar-refractivity contribution in [3.63, 3.8) is 0 Å². The lowest BCUT2D eigenvalue weighted by Crippen LogP contribution is -2.44. The second-order valence-corrected chi connectivity index (χ2v) is 7.72. The van der Waals surface area contributed by atoms with Gasteiger partial charge >= 0.3 is 0 Å². The monoisotopic (exact) mass is 410 g/mol. The van der Waals surface area contributed by atoms with Crippen molar-refractivity contribution < 1.29 is 19.0 Å². The molecule has 0 bridgehead atoms. The number of aliphatic hydroxyl groups is 1. The Morgan fingerprint density at radius 3 is 2.93 bits per heavy atom. The Bertz CT molecular complexity index is 1020. The number of rotatable bonds is 5. The van der Waals surface area contributed by atoms with Gasteiger partial charge in [-0.15, -0.1) is 0 Å². The highest BCUT2D eigenvalue weighted by Gasteiger charge is 2.26. The van der Waals surface area contributed by atoms with E-state index in [0.29, 0.717) is 47.8 Å². The molecule has 2 aromatic rings. The number of pyridine rings is 1. The van der Waals surface area contributed by atoms with E-state index in [1.54, 1.807) is 19.2 Å². The van der Waals surface area contributed by atoms with Gasteiger partial charge in [0.2, 0.25) is 0 Å². The predicted octanol–water partition coefficient (Wildman–Crippen LogP) is 2.16. The average molecular weight is 410 g/mol. The minimum absolute atomic E-state index is 0.0101. The molecule has 1 amide bonds. The summed E-state index contributed by atoms with van der Waals surface area (Å²) in [5.41, 5.74) is 2.31. The van der Waals surface area contributed by atoms with Crippen LogP contribution in [0, 0.1) is 24.1 Å². The Morgan fingerprint density at radius 1 is 1.43 bits per heavy atom. The summed E-state index contributed by atoms with van der Waals surface area (Å²) in [7, 11) is 0. The summed E-state index contributed by atoms with van der Waals surface area (Å²) < 4.78 is 19.9. The first kappa shape index (κ1) is 20.3. The number of aromatic nitrogens is 1. The van der Waals surface area contributed by atoms with Crippen molar-refractivity contribution in [1.29, 1.82) is 5.26 Å². The van der Waals surface area contributed by atoms with Gasteiger partial charge in [-0.05, 0) is 49.1 Å². The molecule has 2 heterocycles. The number of halogens is 1. The second kappa shape index (κ2) is 8.38. The number of hydrogen-bond donors (Lipinski definition) is 2. The van der Waals surface area contributed by atoms with Crippen LogP contribution in [0.15, 0.2) is 24.4 Å². The highest BCUT2D eigenvalue weighted by Crippen LogP contribution is 2.30. The molecule has 2 aliphatic rings. The van der Waals surface area contributed by atoms with Crippen LogP contribution in [0.2, 0.25) is 0 Å². The van der Waals surface area contributed by atoms with E-state index in [1.807, 2.05) is 4.90 Å². The van der Waals surface area contributed by atoms with Gasteiger partial charge in [0, 0.05) is 30.9 Å². The van der Waals surface area contributed by atoms with E-state index in [4.69, 9.17) is 4.74 Å². The van der Waals surface area contributed by atoms with Gasteiger partial charge in [-0.25, -0.2) is 9.37 Å². The molecule has 1 atom stereocenters. The molecule has 8 heteroatoms. The fourth-order valence-electron chi connectivity index (χ4n) is 3.61. The van der Waals surface area contributed by atoms with E-state index < -0.39 is 11.7 Å². The highest BCUT2D eigenvalue weighted by molar-refractivity contribution is 5.96. The number of carbonyl (C=O) groups excluding carboxylic acids is 1. The second-order valence-electron chi connectivity index (χ2n) is 7.72. The summed E-state index contributed by atoms with van der Waals surface area (Å²) in [5, 5.41) is 21.8. The van der Waals surface area contributed by atoms with Gasteiger partial charge < -0.3 is 20.1 Å². The molecule has 1 aliphatic heterocycles. The van der Waals surface area contributed by atoms with Crippen LogP contribution in [0.1, 0.15) is 34.3 Å². The molecule has 2 N–H and O–H groups in total. The lowest BCUT2D eigenvalue weighted by atomic mass is 9.97. The van der Waals surface area contributed by atoms with E-state index in [-0.39, 0.29) is 24.3 Å². The van der Waals surface area contributed by atoms with Gasteiger partial charge in [0.1, 0.15) is 17.7 Å². The number of benzene rings is 1. The molecule has 1 aliphatic carbocycles. The van der Waals surface area contributed by atoms with Crippen molar-refractivity contribution in [2.24, 2.45) is 0 Å². The largest absolute Gasteiger partial charge is 0.394 e. The lowest BCUT2D eigenvalue weighted by molar-refractivity contribution is 0.00335. The predicted molar refractivity (Wildman–Crippen MR) is 109 cm³/mol. The summed E-state index contributed by atoms with van der Waals surface area (Å²) >= 11 is 0. The maximum Gasteiger partial charge on any atom is 0.254 e. The average Bonchev–Trinajstić information content (AvgIpc) is 3.57. The minimum atomic E-state index is -0.567. The smallest absolute Gasteiger partial charge is 0.254 e. The number of morpholine rings is 1. The van der Waals surface area contributed by atoms with Crippen molar-refractivity contribution in [3.8, 4) is 17.2 Å². The quantitative estimate of drug-likeness (QED) is 0.784. The summed E-state index contributed by atoms with van der Waals surface area (Å²) in [5.74, 6) is -0.470. The molecule has 0 radical (unpaired) electrons. The molecule has 2 fully saturated rings. The van der Waals surface area contributed by atoms with E-state index in [0.717, 1.165) is 12.8 Å². The summed E-state index contributed by atoms with van der Waals surface area (Å²) in [6.07, 6.45) is 3.14. The van der Waals surface area contributed by atoms with Crippen LogP contribution in [-0.4, -0.2) is 54.4 Å². The Hall–Kier alpha value is -3.02. The normalized spacial score (nSPS) is 18.7. The van der Waals surface area contributed by atoms with E-state index in [9.17, 15) is 19.6 Å².